The highest BCUT2D eigenvalue weighted by Crippen LogP contribution is 2.18. The van der Waals surface area contributed by atoms with Gasteiger partial charge in [-0.05, 0) is 39.8 Å². The van der Waals surface area contributed by atoms with Crippen LogP contribution in [0.3, 0.4) is 0 Å². The fourth-order valence-corrected chi connectivity index (χ4v) is 2.63. The number of nitrogens with one attached hydrogen (secondary N) is 1. The Kier molecular flexibility index (Phi) is 5.19. The predicted molar refractivity (Wildman–Crippen MR) is 87.1 cm³/mol. The number of hydrogen-bond acceptors (Lipinski definition) is 3. The van der Waals surface area contributed by atoms with Crippen molar-refractivity contribution in [2.45, 2.75) is 39.3 Å². The van der Waals surface area contributed by atoms with Crippen LogP contribution in [0.15, 0.2) is 18.7 Å². The monoisotopic (exact) mass is 303 g/mol. The average Bonchev–Trinajstić information content (AvgIpc) is 3.19. The molecule has 0 radical (unpaired) electrons. The van der Waals surface area contributed by atoms with Crippen molar-refractivity contribution in [3.05, 3.63) is 35.7 Å². The van der Waals surface area contributed by atoms with E-state index in [0.717, 1.165) is 29.8 Å². The van der Waals surface area contributed by atoms with Gasteiger partial charge in [-0.3, -0.25) is 14.5 Å². The number of nitrogens with zero attached hydrogens (tertiary/aromatic N) is 2. The Morgan fingerprint density at radius 1 is 1.41 bits per heavy atom. The van der Waals surface area contributed by atoms with Crippen LogP contribution in [0.2, 0.25) is 0 Å². The average molecular weight is 303 g/mol. The van der Waals surface area contributed by atoms with Gasteiger partial charge < -0.3 is 9.88 Å². The van der Waals surface area contributed by atoms with Crippen LogP contribution in [-0.4, -0.2) is 47.3 Å². The quantitative estimate of drug-likeness (QED) is 0.587. The van der Waals surface area contributed by atoms with E-state index in [1.54, 1.807) is 11.9 Å². The second-order valence-corrected chi connectivity index (χ2v) is 6.12. The molecule has 1 aromatic rings. The Labute approximate surface area is 132 Å². The van der Waals surface area contributed by atoms with Crippen molar-refractivity contribution in [2.75, 3.05) is 20.1 Å². The molecule has 1 amide bonds. The topological polar surface area (TPSA) is 54.3 Å². The van der Waals surface area contributed by atoms with Gasteiger partial charge in [0.15, 0.2) is 5.78 Å². The van der Waals surface area contributed by atoms with Crippen molar-refractivity contribution >= 4 is 11.7 Å². The molecule has 0 aliphatic heterocycles. The van der Waals surface area contributed by atoms with E-state index in [4.69, 9.17) is 0 Å². The summed E-state index contributed by atoms with van der Waals surface area (Å²) in [6.45, 7) is 8.88. The SMILES string of the molecule is C=CCn1c(C)cc(C(=O)CN(C)CC(=O)NC2CC2)c1C. The maximum absolute atomic E-state index is 12.4. The zero-order valence-corrected chi connectivity index (χ0v) is 13.7. The molecule has 1 fully saturated rings. The van der Waals surface area contributed by atoms with Crippen molar-refractivity contribution in [3.63, 3.8) is 0 Å². The minimum absolute atomic E-state index is 0.00469. The Balaban J connectivity index is 1.94. The van der Waals surface area contributed by atoms with Crippen LogP contribution in [0.1, 0.15) is 34.6 Å². The highest BCUT2D eigenvalue weighted by atomic mass is 16.2. The molecule has 2 rings (SSSR count). The summed E-state index contributed by atoms with van der Waals surface area (Å²) in [4.78, 5) is 26.0. The Morgan fingerprint density at radius 2 is 2.09 bits per heavy atom. The number of ketones is 1. The summed E-state index contributed by atoms with van der Waals surface area (Å²) >= 11 is 0. The molecule has 1 aliphatic carbocycles. The van der Waals surface area contributed by atoms with Gasteiger partial charge >= 0.3 is 0 Å². The van der Waals surface area contributed by atoms with Crippen molar-refractivity contribution in [2.24, 2.45) is 0 Å². The van der Waals surface area contributed by atoms with E-state index < -0.39 is 0 Å². The molecule has 5 heteroatoms. The minimum Gasteiger partial charge on any atom is -0.352 e. The van der Waals surface area contributed by atoms with E-state index in [0.29, 0.717) is 12.6 Å². The van der Waals surface area contributed by atoms with Crippen molar-refractivity contribution in [1.82, 2.24) is 14.8 Å². The van der Waals surface area contributed by atoms with Crippen molar-refractivity contribution < 1.29 is 9.59 Å². The molecular formula is C17H25N3O2. The molecule has 0 aromatic carbocycles. The molecule has 0 atom stereocenters. The first kappa shape index (κ1) is 16.5. The number of rotatable bonds is 8. The molecule has 1 N–H and O–H groups in total. The third-order valence-electron chi connectivity index (χ3n) is 3.96. The number of amides is 1. The molecule has 120 valence electrons. The fraction of sp³-hybridized carbons (Fsp3) is 0.529. The lowest BCUT2D eigenvalue weighted by Gasteiger charge is -2.15. The van der Waals surface area contributed by atoms with Crippen molar-refractivity contribution in [3.8, 4) is 0 Å². The number of carbonyl (C=O) groups is 2. The van der Waals surface area contributed by atoms with Crippen LogP contribution in [0.25, 0.3) is 0 Å². The highest BCUT2D eigenvalue weighted by Gasteiger charge is 2.24. The standard InChI is InChI=1S/C17H25N3O2/c1-5-8-20-12(2)9-15(13(20)3)16(21)10-19(4)11-17(22)18-14-6-7-14/h5,9,14H,1,6-8,10-11H2,2-4H3,(H,18,22). The number of hydrogen-bond donors (Lipinski definition) is 1. The van der Waals surface area contributed by atoms with Crippen LogP contribution in [-0.2, 0) is 11.3 Å². The second kappa shape index (κ2) is 6.92. The molecule has 0 bridgehead atoms. The largest absolute Gasteiger partial charge is 0.352 e. The van der Waals surface area contributed by atoms with Gasteiger partial charge in [0.1, 0.15) is 0 Å². The Morgan fingerprint density at radius 3 is 2.68 bits per heavy atom. The van der Waals surface area contributed by atoms with Crippen molar-refractivity contribution in [1.29, 1.82) is 0 Å². The predicted octanol–water partition coefficient (Wildman–Crippen LogP) is 1.68. The number of likely N-dealkylation sites (N-methyl/N-ethyl adjacent to an activating group) is 1. The summed E-state index contributed by atoms with van der Waals surface area (Å²) in [5.41, 5.74) is 2.74. The van der Waals surface area contributed by atoms with Gasteiger partial charge in [-0.15, -0.1) is 6.58 Å². The number of Topliss-reactive ketones (excluding diaryl/α,β-unsaturated/α-hetero) is 1. The van der Waals surface area contributed by atoms with Gasteiger partial charge in [-0.25, -0.2) is 0 Å². The maximum atomic E-state index is 12.4. The zero-order chi connectivity index (χ0) is 16.3. The number of aryl methyl sites for hydroxylation is 1. The van der Waals surface area contributed by atoms with Crippen LogP contribution in [0.4, 0.5) is 0 Å². The van der Waals surface area contributed by atoms with Gasteiger partial charge in [-0.2, -0.15) is 0 Å². The number of aromatic nitrogens is 1. The second-order valence-electron chi connectivity index (χ2n) is 6.12. The zero-order valence-electron chi connectivity index (χ0n) is 13.7. The summed E-state index contributed by atoms with van der Waals surface area (Å²) in [5, 5.41) is 2.93. The fourth-order valence-electron chi connectivity index (χ4n) is 2.63. The molecule has 0 unspecified atom stereocenters. The summed E-state index contributed by atoms with van der Waals surface area (Å²) < 4.78 is 2.07. The van der Waals surface area contributed by atoms with E-state index >= 15 is 0 Å². The van der Waals surface area contributed by atoms with E-state index in [1.807, 2.05) is 26.0 Å². The molecule has 1 saturated carbocycles. The summed E-state index contributed by atoms with van der Waals surface area (Å²) in [5.74, 6) is 0.0417. The normalized spacial score (nSPS) is 14.2. The summed E-state index contributed by atoms with van der Waals surface area (Å²) in [6.07, 6.45) is 3.97. The Bertz CT molecular complexity index is 585. The van der Waals surface area contributed by atoms with Gasteiger partial charge in [0.05, 0.1) is 13.1 Å². The van der Waals surface area contributed by atoms with Crippen LogP contribution >= 0.6 is 0 Å². The molecule has 5 nitrogen and oxygen atoms in total. The molecular weight excluding hydrogens is 278 g/mol. The molecule has 1 aliphatic rings. The molecule has 1 heterocycles. The minimum atomic E-state index is -0.00469. The van der Waals surface area contributed by atoms with Crippen LogP contribution in [0.5, 0.6) is 0 Å². The lowest BCUT2D eigenvalue weighted by molar-refractivity contribution is -0.121. The third-order valence-corrected chi connectivity index (χ3v) is 3.96. The molecule has 0 spiro atoms. The highest BCUT2D eigenvalue weighted by molar-refractivity contribution is 5.99. The first-order chi connectivity index (χ1) is 10.4. The summed E-state index contributed by atoms with van der Waals surface area (Å²) in [7, 11) is 1.80. The van der Waals surface area contributed by atoms with E-state index in [-0.39, 0.29) is 24.8 Å². The third kappa shape index (κ3) is 4.07. The van der Waals surface area contributed by atoms with Crippen LogP contribution < -0.4 is 5.32 Å². The van der Waals surface area contributed by atoms with Crippen LogP contribution in [0, 0.1) is 13.8 Å². The summed E-state index contributed by atoms with van der Waals surface area (Å²) in [6, 6.07) is 2.27. The molecule has 0 saturated heterocycles. The van der Waals surface area contributed by atoms with Gasteiger partial charge in [0.2, 0.25) is 5.91 Å². The molecule has 22 heavy (non-hydrogen) atoms. The van der Waals surface area contributed by atoms with Gasteiger partial charge in [-0.1, -0.05) is 6.08 Å². The lowest BCUT2D eigenvalue weighted by Crippen LogP contribution is -2.38. The number of carbonyl (C=O) groups excluding carboxylic acids is 2. The van der Waals surface area contributed by atoms with Gasteiger partial charge in [0, 0.05) is 29.5 Å². The van der Waals surface area contributed by atoms with E-state index in [9.17, 15) is 9.59 Å². The molecule has 1 aromatic heterocycles. The smallest absolute Gasteiger partial charge is 0.234 e. The Hall–Kier alpha value is -1.88. The maximum Gasteiger partial charge on any atom is 0.234 e. The number of allylic oxidation sites excluding steroid dienone is 1. The van der Waals surface area contributed by atoms with E-state index in [2.05, 4.69) is 16.5 Å². The van der Waals surface area contributed by atoms with E-state index in [1.165, 1.54) is 0 Å². The lowest BCUT2D eigenvalue weighted by atomic mass is 10.1. The first-order valence-corrected chi connectivity index (χ1v) is 7.71. The first-order valence-electron chi connectivity index (χ1n) is 7.71. The van der Waals surface area contributed by atoms with Gasteiger partial charge in [0.25, 0.3) is 0 Å².